The summed E-state index contributed by atoms with van der Waals surface area (Å²) in [7, 11) is 1.43. The number of ether oxygens (including phenoxy) is 1. The third kappa shape index (κ3) is 12.0. The van der Waals surface area contributed by atoms with Gasteiger partial charge < -0.3 is 4.74 Å². The van der Waals surface area contributed by atoms with Crippen molar-refractivity contribution in [3.05, 3.63) is 0 Å². The van der Waals surface area contributed by atoms with Crippen molar-refractivity contribution in [2.45, 2.75) is 64.2 Å². The SMILES string of the molecule is COC(=O)CCCCCCCCCCC(=O)CS. The Balaban J connectivity index is 3.07. The predicted molar refractivity (Wildman–Crippen MR) is 77.0 cm³/mol. The van der Waals surface area contributed by atoms with Crippen molar-refractivity contribution < 1.29 is 14.3 Å². The highest BCUT2D eigenvalue weighted by Crippen LogP contribution is 2.11. The molecule has 106 valence electrons. The first kappa shape index (κ1) is 17.5. The fourth-order valence-electron chi connectivity index (χ4n) is 1.83. The summed E-state index contributed by atoms with van der Waals surface area (Å²) >= 11 is 3.95. The Bertz CT molecular complexity index is 205. The molecule has 18 heavy (non-hydrogen) atoms. The van der Waals surface area contributed by atoms with E-state index in [0.717, 1.165) is 25.7 Å². The van der Waals surface area contributed by atoms with E-state index < -0.39 is 0 Å². The van der Waals surface area contributed by atoms with Crippen molar-refractivity contribution in [2.75, 3.05) is 12.9 Å². The minimum absolute atomic E-state index is 0.108. The molecule has 0 aliphatic carbocycles. The third-order valence-electron chi connectivity index (χ3n) is 2.99. The molecular weight excluding hydrogens is 248 g/mol. The molecule has 0 bridgehead atoms. The van der Waals surface area contributed by atoms with Crippen molar-refractivity contribution >= 4 is 24.4 Å². The molecule has 0 aromatic carbocycles. The van der Waals surface area contributed by atoms with Gasteiger partial charge in [-0.15, -0.1) is 0 Å². The second-order valence-corrected chi connectivity index (χ2v) is 4.92. The van der Waals surface area contributed by atoms with Crippen molar-refractivity contribution in [3.63, 3.8) is 0 Å². The summed E-state index contributed by atoms with van der Waals surface area (Å²) in [6.45, 7) is 0. The monoisotopic (exact) mass is 274 g/mol. The summed E-state index contributed by atoms with van der Waals surface area (Å²) in [6, 6.07) is 0. The maximum atomic E-state index is 11.0. The number of esters is 1. The zero-order valence-electron chi connectivity index (χ0n) is 11.5. The Hall–Kier alpha value is -0.510. The van der Waals surface area contributed by atoms with Gasteiger partial charge in [0.25, 0.3) is 0 Å². The van der Waals surface area contributed by atoms with E-state index in [1.807, 2.05) is 0 Å². The number of methoxy groups -OCH3 is 1. The molecule has 0 N–H and O–H groups in total. The van der Waals surface area contributed by atoms with E-state index in [4.69, 9.17) is 0 Å². The number of thiol groups is 1. The van der Waals surface area contributed by atoms with Gasteiger partial charge in [0.1, 0.15) is 5.78 Å². The number of hydrogen-bond donors (Lipinski definition) is 1. The number of ketones is 1. The number of Topliss-reactive ketones (excluding diaryl/α,β-unsaturated/α-hetero) is 1. The molecule has 0 saturated heterocycles. The molecule has 0 rings (SSSR count). The standard InChI is InChI=1S/C14H26O3S/c1-17-14(16)11-9-7-5-3-2-4-6-8-10-13(15)12-18/h18H,2-12H2,1H3. The molecule has 0 saturated carbocycles. The fraction of sp³-hybridized carbons (Fsp3) is 0.857. The van der Waals surface area contributed by atoms with E-state index in [0.29, 0.717) is 18.6 Å². The number of hydrogen-bond acceptors (Lipinski definition) is 4. The quantitative estimate of drug-likeness (QED) is 0.336. The van der Waals surface area contributed by atoms with Gasteiger partial charge in [0.2, 0.25) is 0 Å². The van der Waals surface area contributed by atoms with Crippen LogP contribution in [-0.2, 0) is 14.3 Å². The summed E-state index contributed by atoms with van der Waals surface area (Å²) in [6.07, 6.45) is 10.3. The summed E-state index contributed by atoms with van der Waals surface area (Å²) in [4.78, 5) is 21.8. The van der Waals surface area contributed by atoms with Gasteiger partial charge in [-0.05, 0) is 12.8 Å². The van der Waals surface area contributed by atoms with Crippen LogP contribution >= 0.6 is 12.6 Å². The molecule has 0 spiro atoms. The van der Waals surface area contributed by atoms with E-state index >= 15 is 0 Å². The molecule has 0 unspecified atom stereocenters. The van der Waals surface area contributed by atoms with Gasteiger partial charge in [-0.25, -0.2) is 0 Å². The fourth-order valence-corrected chi connectivity index (χ4v) is 1.99. The molecule has 0 amide bonds. The average molecular weight is 274 g/mol. The lowest BCUT2D eigenvalue weighted by molar-refractivity contribution is -0.140. The van der Waals surface area contributed by atoms with Gasteiger partial charge in [0.05, 0.1) is 7.11 Å². The normalized spacial score (nSPS) is 10.3. The van der Waals surface area contributed by atoms with Crippen molar-refractivity contribution in [2.24, 2.45) is 0 Å². The Morgan fingerprint density at radius 3 is 1.72 bits per heavy atom. The van der Waals surface area contributed by atoms with Crippen LogP contribution in [0, 0.1) is 0 Å². The van der Waals surface area contributed by atoms with Crippen LogP contribution in [0.5, 0.6) is 0 Å². The van der Waals surface area contributed by atoms with Crippen molar-refractivity contribution in [1.82, 2.24) is 0 Å². The van der Waals surface area contributed by atoms with Gasteiger partial charge in [0.15, 0.2) is 0 Å². The van der Waals surface area contributed by atoms with Crippen LogP contribution in [0.15, 0.2) is 0 Å². The first-order chi connectivity index (χ1) is 8.70. The van der Waals surface area contributed by atoms with Crippen LogP contribution in [0.3, 0.4) is 0 Å². The third-order valence-corrected chi connectivity index (χ3v) is 3.34. The zero-order chi connectivity index (χ0) is 13.6. The van der Waals surface area contributed by atoms with Gasteiger partial charge in [-0.3, -0.25) is 9.59 Å². The minimum atomic E-state index is -0.108. The zero-order valence-corrected chi connectivity index (χ0v) is 12.3. The minimum Gasteiger partial charge on any atom is -0.469 e. The van der Waals surface area contributed by atoms with Gasteiger partial charge in [-0.1, -0.05) is 38.5 Å². The Kier molecular flexibility index (Phi) is 12.6. The van der Waals surface area contributed by atoms with E-state index in [1.54, 1.807) is 0 Å². The average Bonchev–Trinajstić information content (AvgIpc) is 2.40. The molecule has 0 atom stereocenters. The van der Waals surface area contributed by atoms with Crippen LogP contribution in [0.25, 0.3) is 0 Å². The molecule has 0 aromatic heterocycles. The Labute approximate surface area is 116 Å². The highest BCUT2D eigenvalue weighted by Gasteiger charge is 2.00. The van der Waals surface area contributed by atoms with E-state index in [1.165, 1.54) is 32.8 Å². The molecule has 0 aromatic rings. The molecule has 0 fully saturated rings. The van der Waals surface area contributed by atoms with Gasteiger partial charge >= 0.3 is 5.97 Å². The number of rotatable bonds is 12. The lowest BCUT2D eigenvalue weighted by Gasteiger charge is -2.02. The van der Waals surface area contributed by atoms with E-state index in [-0.39, 0.29) is 11.8 Å². The molecule has 3 nitrogen and oxygen atoms in total. The maximum Gasteiger partial charge on any atom is 0.305 e. The molecule has 0 aliphatic heterocycles. The lowest BCUT2D eigenvalue weighted by atomic mass is 10.1. The predicted octanol–water partition coefficient (Wildman–Crippen LogP) is 3.56. The van der Waals surface area contributed by atoms with E-state index in [2.05, 4.69) is 17.4 Å². The van der Waals surface area contributed by atoms with Crippen molar-refractivity contribution in [3.8, 4) is 0 Å². The molecule has 0 heterocycles. The summed E-state index contributed by atoms with van der Waals surface area (Å²) in [5.74, 6) is 0.519. The molecular formula is C14H26O3S. The first-order valence-electron chi connectivity index (χ1n) is 6.90. The Morgan fingerprint density at radius 1 is 0.833 bits per heavy atom. The highest BCUT2D eigenvalue weighted by atomic mass is 32.1. The smallest absolute Gasteiger partial charge is 0.305 e. The summed E-state index contributed by atoms with van der Waals surface area (Å²) in [5.41, 5.74) is 0. The highest BCUT2D eigenvalue weighted by molar-refractivity contribution is 7.81. The molecule has 4 heteroatoms. The van der Waals surface area contributed by atoms with Crippen LogP contribution in [-0.4, -0.2) is 24.6 Å². The summed E-state index contributed by atoms with van der Waals surface area (Å²) in [5, 5.41) is 0. The molecule has 0 radical (unpaired) electrons. The van der Waals surface area contributed by atoms with Crippen LogP contribution in [0.1, 0.15) is 64.2 Å². The van der Waals surface area contributed by atoms with Crippen LogP contribution < -0.4 is 0 Å². The topological polar surface area (TPSA) is 43.4 Å². The lowest BCUT2D eigenvalue weighted by Crippen LogP contribution is -1.99. The second kappa shape index (κ2) is 12.9. The van der Waals surface area contributed by atoms with Crippen LogP contribution in [0.2, 0.25) is 0 Å². The number of carbonyl (C=O) groups excluding carboxylic acids is 2. The Morgan fingerprint density at radius 2 is 1.28 bits per heavy atom. The number of carbonyl (C=O) groups is 2. The number of unbranched alkanes of at least 4 members (excludes halogenated alkanes) is 7. The maximum absolute atomic E-state index is 11.0. The van der Waals surface area contributed by atoms with Gasteiger partial charge in [0, 0.05) is 18.6 Å². The first-order valence-corrected chi connectivity index (χ1v) is 7.53. The van der Waals surface area contributed by atoms with Gasteiger partial charge in [-0.2, -0.15) is 12.6 Å². The molecule has 0 aliphatic rings. The summed E-state index contributed by atoms with van der Waals surface area (Å²) < 4.78 is 4.58. The second-order valence-electron chi connectivity index (χ2n) is 4.60. The largest absolute Gasteiger partial charge is 0.469 e. The van der Waals surface area contributed by atoms with Crippen LogP contribution in [0.4, 0.5) is 0 Å². The van der Waals surface area contributed by atoms with Crippen molar-refractivity contribution in [1.29, 1.82) is 0 Å². The van der Waals surface area contributed by atoms with E-state index in [9.17, 15) is 9.59 Å².